The molecule has 3 unspecified atom stereocenters. The fourth-order valence-electron chi connectivity index (χ4n) is 3.90. The molecule has 0 radical (unpaired) electrons. The zero-order chi connectivity index (χ0) is 20.5. The van der Waals surface area contributed by atoms with Crippen LogP contribution in [0.4, 0.5) is 20.3 Å². The van der Waals surface area contributed by atoms with E-state index >= 15 is 0 Å². The molecular formula is C21H22F2N4O2. The summed E-state index contributed by atoms with van der Waals surface area (Å²) >= 11 is 0. The number of aromatic nitrogens is 1. The minimum Gasteiger partial charge on any atom is -0.369 e. The highest BCUT2D eigenvalue weighted by Crippen LogP contribution is 2.48. The third-order valence-corrected chi connectivity index (χ3v) is 5.66. The summed E-state index contributed by atoms with van der Waals surface area (Å²) in [7, 11) is 0. The Kier molecular flexibility index (Phi) is 5.17. The molecule has 3 atom stereocenters. The van der Waals surface area contributed by atoms with Crippen molar-refractivity contribution < 1.29 is 18.4 Å². The molecule has 2 amide bonds. The van der Waals surface area contributed by atoms with Crippen molar-refractivity contribution >= 4 is 23.3 Å². The monoisotopic (exact) mass is 400 g/mol. The Labute approximate surface area is 167 Å². The van der Waals surface area contributed by atoms with Gasteiger partial charge in [0, 0.05) is 19.0 Å². The minimum absolute atomic E-state index is 0.101. The molecule has 8 heteroatoms. The smallest absolute Gasteiger partial charge is 0.228 e. The molecule has 1 saturated carbocycles. The summed E-state index contributed by atoms with van der Waals surface area (Å²) in [5.74, 6) is -2.05. The van der Waals surface area contributed by atoms with E-state index in [2.05, 4.69) is 10.3 Å². The predicted molar refractivity (Wildman–Crippen MR) is 104 cm³/mol. The molecule has 3 N–H and O–H groups in total. The van der Waals surface area contributed by atoms with Crippen LogP contribution in [0, 0.1) is 23.5 Å². The number of carbonyl (C=O) groups is 2. The van der Waals surface area contributed by atoms with Gasteiger partial charge >= 0.3 is 0 Å². The molecule has 6 nitrogen and oxygen atoms in total. The minimum atomic E-state index is -0.898. The molecule has 2 fully saturated rings. The van der Waals surface area contributed by atoms with Crippen LogP contribution in [0.2, 0.25) is 0 Å². The lowest BCUT2D eigenvalue weighted by atomic mass is 9.97. The maximum atomic E-state index is 13.4. The number of carbonyl (C=O) groups excluding carboxylic acids is 2. The first-order chi connectivity index (χ1) is 13.9. The Morgan fingerprint density at radius 1 is 1.17 bits per heavy atom. The van der Waals surface area contributed by atoms with Gasteiger partial charge in [-0.05, 0) is 55.0 Å². The fraction of sp³-hybridized carbons (Fsp3) is 0.381. The first-order valence-electron chi connectivity index (χ1n) is 9.68. The van der Waals surface area contributed by atoms with Gasteiger partial charge in [-0.1, -0.05) is 6.07 Å². The van der Waals surface area contributed by atoms with E-state index in [1.165, 1.54) is 6.07 Å². The van der Waals surface area contributed by atoms with Crippen LogP contribution in [-0.2, 0) is 9.59 Å². The van der Waals surface area contributed by atoms with Crippen molar-refractivity contribution in [2.75, 3.05) is 23.3 Å². The molecule has 1 aromatic heterocycles. The van der Waals surface area contributed by atoms with Gasteiger partial charge in [0.2, 0.25) is 11.8 Å². The van der Waals surface area contributed by atoms with Crippen LogP contribution in [0.3, 0.4) is 0 Å². The highest BCUT2D eigenvalue weighted by molar-refractivity contribution is 5.95. The van der Waals surface area contributed by atoms with Gasteiger partial charge in [0.1, 0.15) is 5.82 Å². The summed E-state index contributed by atoms with van der Waals surface area (Å²) < 4.78 is 26.5. The second kappa shape index (κ2) is 7.77. The third kappa shape index (κ3) is 4.21. The maximum Gasteiger partial charge on any atom is 0.228 e. The van der Waals surface area contributed by atoms with E-state index in [9.17, 15) is 18.4 Å². The van der Waals surface area contributed by atoms with Crippen LogP contribution in [0.25, 0.3) is 0 Å². The van der Waals surface area contributed by atoms with E-state index in [1.807, 2.05) is 4.90 Å². The van der Waals surface area contributed by atoms with Gasteiger partial charge in [-0.15, -0.1) is 0 Å². The van der Waals surface area contributed by atoms with Crippen LogP contribution in [0.1, 0.15) is 30.7 Å². The Morgan fingerprint density at radius 2 is 2.00 bits per heavy atom. The average molecular weight is 400 g/mol. The second-order valence-electron chi connectivity index (χ2n) is 7.70. The van der Waals surface area contributed by atoms with E-state index in [0.717, 1.165) is 37.3 Å². The van der Waals surface area contributed by atoms with Crippen LogP contribution in [0.15, 0.2) is 36.5 Å². The van der Waals surface area contributed by atoms with E-state index < -0.39 is 11.6 Å². The molecule has 0 spiro atoms. The topological polar surface area (TPSA) is 88.3 Å². The van der Waals surface area contributed by atoms with Crippen molar-refractivity contribution in [3.8, 4) is 0 Å². The lowest BCUT2D eigenvalue weighted by molar-refractivity contribution is -0.122. The van der Waals surface area contributed by atoms with E-state index in [1.54, 1.807) is 18.3 Å². The number of amides is 2. The second-order valence-corrected chi connectivity index (χ2v) is 7.70. The number of primary amides is 1. The van der Waals surface area contributed by atoms with Crippen molar-refractivity contribution in [3.63, 3.8) is 0 Å². The van der Waals surface area contributed by atoms with Crippen molar-refractivity contribution in [1.29, 1.82) is 0 Å². The first-order valence-corrected chi connectivity index (χ1v) is 9.68. The van der Waals surface area contributed by atoms with Crippen molar-refractivity contribution in [1.82, 2.24) is 4.98 Å². The van der Waals surface area contributed by atoms with Gasteiger partial charge in [0.25, 0.3) is 0 Å². The highest BCUT2D eigenvalue weighted by Gasteiger charge is 2.44. The van der Waals surface area contributed by atoms with Crippen LogP contribution >= 0.6 is 0 Å². The van der Waals surface area contributed by atoms with Gasteiger partial charge in [-0.25, -0.2) is 13.8 Å². The van der Waals surface area contributed by atoms with Crippen LogP contribution in [-0.4, -0.2) is 29.9 Å². The standard InChI is InChI=1S/C21H22F2N4O2/c22-17-5-3-12(8-18(17)23)15-9-16(15)21(29)26-14-4-6-19(25-10-14)27-7-1-2-13(11-27)20(24)28/h3-6,8,10,13,15-16H,1-2,7,9,11H2,(H2,24,28)(H,26,29). The van der Waals surface area contributed by atoms with E-state index in [0.29, 0.717) is 24.2 Å². The summed E-state index contributed by atoms with van der Waals surface area (Å²) in [6.07, 6.45) is 3.85. The molecule has 1 aromatic carbocycles. The number of hydrogen-bond donors (Lipinski definition) is 2. The zero-order valence-electron chi connectivity index (χ0n) is 15.8. The van der Waals surface area contributed by atoms with Crippen LogP contribution in [0.5, 0.6) is 0 Å². The normalized spacial score (nSPS) is 23.5. The lowest BCUT2D eigenvalue weighted by Crippen LogP contribution is -2.41. The highest BCUT2D eigenvalue weighted by atomic mass is 19.2. The number of rotatable bonds is 5. The third-order valence-electron chi connectivity index (χ3n) is 5.66. The Hall–Kier alpha value is -3.03. The lowest BCUT2D eigenvalue weighted by Gasteiger charge is -2.32. The number of nitrogens with two attached hydrogens (primary N) is 1. The predicted octanol–water partition coefficient (Wildman–Crippen LogP) is 2.80. The average Bonchev–Trinajstić information content (AvgIpc) is 3.52. The van der Waals surface area contributed by atoms with Crippen LogP contribution < -0.4 is 16.0 Å². The molecule has 0 bridgehead atoms. The molecule has 1 saturated heterocycles. The molecular weight excluding hydrogens is 378 g/mol. The van der Waals surface area contributed by atoms with Gasteiger partial charge in [0.05, 0.1) is 17.8 Å². The Bertz CT molecular complexity index is 935. The summed E-state index contributed by atoms with van der Waals surface area (Å²) in [5.41, 5.74) is 6.62. The number of pyridine rings is 1. The molecule has 2 aromatic rings. The molecule has 2 aliphatic rings. The summed E-state index contributed by atoms with van der Waals surface area (Å²) in [6.45, 7) is 1.35. The van der Waals surface area contributed by atoms with E-state index in [-0.39, 0.29) is 29.6 Å². The van der Waals surface area contributed by atoms with Crippen molar-refractivity contribution in [2.24, 2.45) is 17.6 Å². The quantitative estimate of drug-likeness (QED) is 0.808. The number of nitrogens with one attached hydrogen (secondary N) is 1. The number of hydrogen-bond acceptors (Lipinski definition) is 4. The number of benzene rings is 1. The SMILES string of the molecule is NC(=O)C1CCCN(c2ccc(NC(=O)C3CC3c3ccc(F)c(F)c3)cn2)C1. The molecule has 152 valence electrons. The largest absolute Gasteiger partial charge is 0.369 e. The van der Waals surface area contributed by atoms with Gasteiger partial charge < -0.3 is 16.0 Å². The number of piperidine rings is 1. The summed E-state index contributed by atoms with van der Waals surface area (Å²) in [4.78, 5) is 30.3. The summed E-state index contributed by atoms with van der Waals surface area (Å²) in [5, 5.41) is 2.82. The number of anilines is 2. The molecule has 4 rings (SSSR count). The van der Waals surface area contributed by atoms with Gasteiger partial charge in [-0.3, -0.25) is 9.59 Å². The maximum absolute atomic E-state index is 13.4. The zero-order valence-corrected chi connectivity index (χ0v) is 15.8. The Morgan fingerprint density at radius 3 is 2.69 bits per heavy atom. The molecule has 1 aliphatic heterocycles. The Balaban J connectivity index is 1.35. The molecule has 1 aliphatic carbocycles. The van der Waals surface area contributed by atoms with Crippen molar-refractivity contribution in [2.45, 2.75) is 25.2 Å². The van der Waals surface area contributed by atoms with Crippen molar-refractivity contribution in [3.05, 3.63) is 53.7 Å². The summed E-state index contributed by atoms with van der Waals surface area (Å²) in [6, 6.07) is 7.33. The molecule has 2 heterocycles. The number of halogens is 2. The number of nitrogens with zero attached hydrogens (tertiary/aromatic N) is 2. The molecule has 29 heavy (non-hydrogen) atoms. The fourth-order valence-corrected chi connectivity index (χ4v) is 3.90. The van der Waals surface area contributed by atoms with E-state index in [4.69, 9.17) is 5.73 Å². The van der Waals surface area contributed by atoms with Gasteiger partial charge in [-0.2, -0.15) is 0 Å². The van der Waals surface area contributed by atoms with Gasteiger partial charge in [0.15, 0.2) is 11.6 Å². The first kappa shape index (κ1) is 19.3.